The molecule has 0 saturated heterocycles. The molecular formula is C3H6N3. The summed E-state index contributed by atoms with van der Waals surface area (Å²) in [6.45, 7) is 1.84. The van der Waals surface area contributed by atoms with Crippen molar-refractivity contribution < 1.29 is 0 Å². The fourth-order valence-electron chi connectivity index (χ4n) is 0.309. The van der Waals surface area contributed by atoms with Gasteiger partial charge in [-0.15, -0.1) is 0 Å². The van der Waals surface area contributed by atoms with Crippen molar-refractivity contribution in [3.05, 3.63) is 0 Å². The molecule has 0 bridgehead atoms. The zero-order chi connectivity index (χ0) is 4.24. The smallest absolute Gasteiger partial charge is 0.190 e. The molecule has 0 saturated carbocycles. The van der Waals surface area contributed by atoms with Crippen LogP contribution in [0.25, 0.3) is 0 Å². The molecule has 0 unspecified atom stereocenters. The lowest BCUT2D eigenvalue weighted by Gasteiger charge is -2.03. The van der Waals surface area contributed by atoms with E-state index >= 15 is 0 Å². The van der Waals surface area contributed by atoms with E-state index < -0.39 is 0 Å². The predicted octanol–water partition coefficient (Wildman–Crippen LogP) is -1.00. The lowest BCUT2D eigenvalue weighted by molar-refractivity contribution is 0.677. The SMILES string of the molecule is [C]1=NNCCN1. The van der Waals surface area contributed by atoms with Crippen LogP contribution in [0.1, 0.15) is 0 Å². The van der Waals surface area contributed by atoms with Crippen molar-refractivity contribution in [3.8, 4) is 0 Å². The first-order valence-corrected chi connectivity index (χ1v) is 1.90. The van der Waals surface area contributed by atoms with E-state index in [2.05, 4.69) is 22.2 Å². The van der Waals surface area contributed by atoms with Crippen LogP contribution >= 0.6 is 0 Å². The Kier molecular flexibility index (Phi) is 0.948. The average molecular weight is 84.1 g/mol. The Morgan fingerprint density at radius 2 is 2.50 bits per heavy atom. The number of hydrogen-bond donors (Lipinski definition) is 2. The minimum atomic E-state index is 0.910. The highest BCUT2D eigenvalue weighted by Gasteiger charge is 1.84. The normalized spacial score (nSPS) is 18.7. The summed E-state index contributed by atoms with van der Waals surface area (Å²) >= 11 is 0. The summed E-state index contributed by atoms with van der Waals surface area (Å²) in [5.41, 5.74) is 2.74. The van der Waals surface area contributed by atoms with Crippen LogP contribution in [0.4, 0.5) is 0 Å². The molecule has 33 valence electrons. The summed E-state index contributed by atoms with van der Waals surface area (Å²) in [6, 6.07) is 0. The molecular weight excluding hydrogens is 78.1 g/mol. The third-order valence-corrected chi connectivity index (χ3v) is 0.576. The van der Waals surface area contributed by atoms with Crippen molar-refractivity contribution in [2.24, 2.45) is 5.10 Å². The summed E-state index contributed by atoms with van der Waals surface area (Å²) in [4.78, 5) is 0. The average Bonchev–Trinajstić information content (AvgIpc) is 1.72. The maximum Gasteiger partial charge on any atom is 0.190 e. The van der Waals surface area contributed by atoms with Gasteiger partial charge in [-0.1, -0.05) is 0 Å². The molecule has 1 aliphatic rings. The Hall–Kier alpha value is -0.730. The first kappa shape index (κ1) is 3.46. The second-order valence-corrected chi connectivity index (χ2v) is 1.06. The van der Waals surface area contributed by atoms with E-state index in [4.69, 9.17) is 0 Å². The summed E-state index contributed by atoms with van der Waals surface area (Å²) < 4.78 is 0. The fourth-order valence-corrected chi connectivity index (χ4v) is 0.309. The third-order valence-electron chi connectivity index (χ3n) is 0.576. The van der Waals surface area contributed by atoms with Gasteiger partial charge in [0.2, 0.25) is 0 Å². The lowest BCUT2D eigenvalue weighted by Crippen LogP contribution is -2.29. The van der Waals surface area contributed by atoms with Crippen molar-refractivity contribution in [2.45, 2.75) is 0 Å². The van der Waals surface area contributed by atoms with Gasteiger partial charge < -0.3 is 10.7 Å². The minimum Gasteiger partial charge on any atom is -0.364 e. The molecule has 0 aliphatic carbocycles. The summed E-state index contributed by atoms with van der Waals surface area (Å²) in [5, 5.41) is 6.37. The molecule has 1 radical (unpaired) electrons. The predicted molar refractivity (Wildman–Crippen MR) is 23.4 cm³/mol. The summed E-state index contributed by atoms with van der Waals surface area (Å²) in [5.74, 6) is 0. The Morgan fingerprint density at radius 1 is 1.50 bits per heavy atom. The molecule has 1 heterocycles. The topological polar surface area (TPSA) is 36.4 Å². The van der Waals surface area contributed by atoms with Gasteiger partial charge in [-0.3, -0.25) is 0 Å². The van der Waals surface area contributed by atoms with Gasteiger partial charge in [0.15, 0.2) is 6.34 Å². The van der Waals surface area contributed by atoms with Crippen molar-refractivity contribution in [2.75, 3.05) is 13.1 Å². The maximum atomic E-state index is 3.57. The van der Waals surface area contributed by atoms with E-state index in [-0.39, 0.29) is 0 Å². The third kappa shape index (κ3) is 0.607. The molecule has 0 aromatic heterocycles. The van der Waals surface area contributed by atoms with Crippen LogP contribution in [-0.4, -0.2) is 19.4 Å². The maximum absolute atomic E-state index is 3.57. The van der Waals surface area contributed by atoms with Gasteiger partial charge in [-0.25, -0.2) is 0 Å². The van der Waals surface area contributed by atoms with Crippen molar-refractivity contribution >= 4 is 6.34 Å². The molecule has 0 atom stereocenters. The number of hydrazone groups is 1. The van der Waals surface area contributed by atoms with E-state index in [1.807, 2.05) is 0 Å². The van der Waals surface area contributed by atoms with E-state index in [0.717, 1.165) is 13.1 Å². The molecule has 0 aromatic rings. The molecule has 3 nitrogen and oxygen atoms in total. The molecule has 0 spiro atoms. The standard InChI is InChI=1S/C3H6N3/c1-2-5-6-3-4-1/h5H,1-2H2,(H,4,6). The largest absolute Gasteiger partial charge is 0.364 e. The van der Waals surface area contributed by atoms with Crippen LogP contribution in [0, 0.1) is 0 Å². The molecule has 0 amide bonds. The van der Waals surface area contributed by atoms with Gasteiger partial charge in [0.25, 0.3) is 0 Å². The molecule has 6 heavy (non-hydrogen) atoms. The van der Waals surface area contributed by atoms with E-state index in [1.54, 1.807) is 0 Å². The Labute approximate surface area is 36.4 Å². The summed E-state index contributed by atoms with van der Waals surface area (Å²) in [7, 11) is 0. The first-order chi connectivity index (χ1) is 3.00. The number of nitrogens with one attached hydrogen (secondary N) is 2. The Morgan fingerprint density at radius 3 is 2.67 bits per heavy atom. The number of hydrogen-bond acceptors (Lipinski definition) is 3. The second kappa shape index (κ2) is 1.64. The minimum absolute atomic E-state index is 0.910. The second-order valence-electron chi connectivity index (χ2n) is 1.06. The van der Waals surface area contributed by atoms with Crippen LogP contribution in [0.2, 0.25) is 0 Å². The monoisotopic (exact) mass is 84.1 g/mol. The van der Waals surface area contributed by atoms with Crippen LogP contribution in [0.15, 0.2) is 5.10 Å². The number of rotatable bonds is 0. The van der Waals surface area contributed by atoms with E-state index in [1.165, 1.54) is 0 Å². The number of nitrogens with zero attached hydrogens (tertiary/aromatic N) is 1. The Balaban J connectivity index is 2.26. The highest BCUT2D eigenvalue weighted by molar-refractivity contribution is 5.54. The molecule has 1 rings (SSSR count). The van der Waals surface area contributed by atoms with Gasteiger partial charge in [0, 0.05) is 6.54 Å². The van der Waals surface area contributed by atoms with Crippen LogP contribution < -0.4 is 10.7 Å². The van der Waals surface area contributed by atoms with E-state index in [0.29, 0.717) is 0 Å². The zero-order valence-corrected chi connectivity index (χ0v) is 3.36. The Bertz CT molecular complexity index is 51.1. The van der Waals surface area contributed by atoms with Crippen LogP contribution in [0.5, 0.6) is 0 Å². The fraction of sp³-hybridized carbons (Fsp3) is 0.667. The lowest BCUT2D eigenvalue weighted by atomic mass is 10.6. The van der Waals surface area contributed by atoms with Crippen molar-refractivity contribution in [1.29, 1.82) is 0 Å². The molecule has 2 N–H and O–H groups in total. The van der Waals surface area contributed by atoms with Gasteiger partial charge in [-0.05, 0) is 0 Å². The molecule has 0 aromatic carbocycles. The van der Waals surface area contributed by atoms with Crippen molar-refractivity contribution in [3.63, 3.8) is 0 Å². The highest BCUT2D eigenvalue weighted by atomic mass is 15.3. The van der Waals surface area contributed by atoms with Crippen LogP contribution in [-0.2, 0) is 0 Å². The van der Waals surface area contributed by atoms with Gasteiger partial charge in [0.05, 0.1) is 6.54 Å². The van der Waals surface area contributed by atoms with Gasteiger partial charge in [0.1, 0.15) is 0 Å². The molecule has 1 aliphatic heterocycles. The van der Waals surface area contributed by atoms with Crippen molar-refractivity contribution in [1.82, 2.24) is 10.7 Å². The summed E-state index contributed by atoms with van der Waals surface area (Å²) in [6.07, 6.45) is 2.55. The molecule has 3 heteroatoms. The zero-order valence-electron chi connectivity index (χ0n) is 3.36. The molecule has 0 fully saturated rings. The van der Waals surface area contributed by atoms with Gasteiger partial charge >= 0.3 is 0 Å². The first-order valence-electron chi connectivity index (χ1n) is 1.90. The van der Waals surface area contributed by atoms with Gasteiger partial charge in [-0.2, -0.15) is 5.10 Å². The van der Waals surface area contributed by atoms with E-state index in [9.17, 15) is 0 Å². The highest BCUT2D eigenvalue weighted by Crippen LogP contribution is 1.61. The quantitative estimate of drug-likeness (QED) is 0.395. The van der Waals surface area contributed by atoms with Crippen LogP contribution in [0.3, 0.4) is 0 Å².